The molecule has 158 valence electrons. The molecule has 0 aliphatic rings. The molecule has 0 saturated heterocycles. The summed E-state index contributed by atoms with van der Waals surface area (Å²) in [6.07, 6.45) is 0. The maximum Gasteiger partial charge on any atom is 0.196 e. The van der Waals surface area contributed by atoms with Crippen LogP contribution in [-0.4, -0.2) is 14.8 Å². The zero-order valence-corrected chi connectivity index (χ0v) is 18.0. The molecule has 0 radical (unpaired) electrons. The van der Waals surface area contributed by atoms with E-state index in [1.54, 1.807) is 0 Å². The lowest BCUT2D eigenvalue weighted by Crippen LogP contribution is -2.07. The van der Waals surface area contributed by atoms with Crippen molar-refractivity contribution in [2.75, 3.05) is 0 Å². The molecule has 7 heteroatoms. The molecule has 0 spiro atoms. The summed E-state index contributed by atoms with van der Waals surface area (Å²) in [5, 5.41) is 9.09. The van der Waals surface area contributed by atoms with E-state index in [2.05, 4.69) is 10.2 Å². The minimum absolute atomic E-state index is 0.0170. The third kappa shape index (κ3) is 4.94. The van der Waals surface area contributed by atoms with Gasteiger partial charge in [-0.25, -0.2) is 8.78 Å². The maximum atomic E-state index is 14.0. The van der Waals surface area contributed by atoms with Crippen molar-refractivity contribution < 1.29 is 13.5 Å². The van der Waals surface area contributed by atoms with Crippen LogP contribution in [0.4, 0.5) is 8.78 Å². The summed E-state index contributed by atoms with van der Waals surface area (Å²) in [4.78, 5) is 0. The van der Waals surface area contributed by atoms with E-state index in [9.17, 15) is 8.78 Å². The van der Waals surface area contributed by atoms with Crippen LogP contribution in [0, 0.1) is 25.5 Å². The number of rotatable bonds is 7. The van der Waals surface area contributed by atoms with Crippen molar-refractivity contribution in [2.45, 2.75) is 31.4 Å². The zero-order valence-electron chi connectivity index (χ0n) is 17.2. The van der Waals surface area contributed by atoms with E-state index < -0.39 is 11.6 Å². The van der Waals surface area contributed by atoms with E-state index in [0.717, 1.165) is 22.6 Å². The Morgan fingerprint density at radius 2 is 1.45 bits per heavy atom. The molecule has 0 bridgehead atoms. The molecule has 1 heterocycles. The molecule has 3 aromatic carbocycles. The first-order valence-electron chi connectivity index (χ1n) is 9.78. The van der Waals surface area contributed by atoms with E-state index in [1.165, 1.54) is 30.0 Å². The maximum absolute atomic E-state index is 14.0. The summed E-state index contributed by atoms with van der Waals surface area (Å²) in [6.45, 7) is 4.23. The van der Waals surface area contributed by atoms with Gasteiger partial charge in [0.25, 0.3) is 0 Å². The highest BCUT2D eigenvalue weighted by atomic mass is 32.2. The highest BCUT2D eigenvalue weighted by molar-refractivity contribution is 7.98. The summed E-state index contributed by atoms with van der Waals surface area (Å²) in [6, 6.07) is 19.5. The SMILES string of the molecule is Cc1ccc(OCc2nnc(SCc3c(F)cccc3F)n2-c2ccc(C)cc2)cc1. The minimum Gasteiger partial charge on any atom is -0.486 e. The van der Waals surface area contributed by atoms with Crippen molar-refractivity contribution in [1.29, 1.82) is 0 Å². The smallest absolute Gasteiger partial charge is 0.196 e. The van der Waals surface area contributed by atoms with Crippen molar-refractivity contribution in [3.63, 3.8) is 0 Å². The molecule has 0 atom stereocenters. The lowest BCUT2D eigenvalue weighted by molar-refractivity contribution is 0.292. The standard InChI is InChI=1S/C24H21F2N3OS/c1-16-6-10-18(11-7-16)29-23(14-30-19-12-8-17(2)9-13-19)27-28-24(29)31-15-20-21(25)4-3-5-22(20)26/h3-13H,14-15H2,1-2H3. The van der Waals surface area contributed by atoms with Crippen LogP contribution in [0.2, 0.25) is 0 Å². The number of hydrogen-bond donors (Lipinski definition) is 0. The van der Waals surface area contributed by atoms with Crippen LogP contribution in [0.25, 0.3) is 5.69 Å². The summed E-state index contributed by atoms with van der Waals surface area (Å²) >= 11 is 1.23. The van der Waals surface area contributed by atoms with Crippen molar-refractivity contribution >= 4 is 11.8 Å². The number of ether oxygens (including phenoxy) is 1. The molecular formula is C24H21F2N3OS. The van der Waals surface area contributed by atoms with Crippen molar-refractivity contribution in [3.8, 4) is 11.4 Å². The van der Waals surface area contributed by atoms with Gasteiger partial charge in [0, 0.05) is 17.0 Å². The third-order valence-electron chi connectivity index (χ3n) is 4.79. The molecule has 1 aromatic heterocycles. The molecule has 0 N–H and O–H groups in total. The van der Waals surface area contributed by atoms with Gasteiger partial charge >= 0.3 is 0 Å². The first kappa shape index (κ1) is 21.1. The molecular weight excluding hydrogens is 416 g/mol. The normalized spacial score (nSPS) is 11.0. The monoisotopic (exact) mass is 437 g/mol. The Kier molecular flexibility index (Phi) is 6.32. The first-order chi connectivity index (χ1) is 15.0. The second-order valence-corrected chi connectivity index (χ2v) is 8.10. The number of thioether (sulfide) groups is 1. The number of hydrogen-bond acceptors (Lipinski definition) is 4. The molecule has 0 aliphatic carbocycles. The van der Waals surface area contributed by atoms with Gasteiger partial charge in [-0.15, -0.1) is 10.2 Å². The van der Waals surface area contributed by atoms with Crippen LogP contribution in [0.3, 0.4) is 0 Å². The fraction of sp³-hybridized carbons (Fsp3) is 0.167. The van der Waals surface area contributed by atoms with Gasteiger partial charge in [0.2, 0.25) is 0 Å². The average Bonchev–Trinajstić information content (AvgIpc) is 3.16. The number of benzene rings is 3. The molecule has 31 heavy (non-hydrogen) atoms. The van der Waals surface area contributed by atoms with Gasteiger partial charge in [-0.3, -0.25) is 4.57 Å². The lowest BCUT2D eigenvalue weighted by atomic mass is 10.2. The number of nitrogens with zero attached hydrogens (tertiary/aromatic N) is 3. The van der Waals surface area contributed by atoms with Crippen LogP contribution in [0.15, 0.2) is 71.9 Å². The Morgan fingerprint density at radius 1 is 0.839 bits per heavy atom. The van der Waals surface area contributed by atoms with E-state index in [-0.39, 0.29) is 17.9 Å². The van der Waals surface area contributed by atoms with Gasteiger partial charge in [-0.1, -0.05) is 53.2 Å². The summed E-state index contributed by atoms with van der Waals surface area (Å²) in [5.74, 6) is 0.280. The van der Waals surface area contributed by atoms with Gasteiger partial charge in [0.15, 0.2) is 11.0 Å². The Hall–Kier alpha value is -3.19. The zero-order chi connectivity index (χ0) is 21.8. The Balaban J connectivity index is 1.61. The van der Waals surface area contributed by atoms with Gasteiger partial charge in [-0.2, -0.15) is 0 Å². The van der Waals surface area contributed by atoms with Crippen LogP contribution < -0.4 is 4.74 Å². The highest BCUT2D eigenvalue weighted by Gasteiger charge is 2.17. The fourth-order valence-electron chi connectivity index (χ4n) is 3.03. The number of aromatic nitrogens is 3. The van der Waals surface area contributed by atoms with Crippen molar-refractivity contribution in [3.05, 3.63) is 101 Å². The van der Waals surface area contributed by atoms with Gasteiger partial charge in [-0.05, 0) is 50.2 Å². The molecule has 0 amide bonds. The highest BCUT2D eigenvalue weighted by Crippen LogP contribution is 2.28. The van der Waals surface area contributed by atoms with Crippen LogP contribution in [-0.2, 0) is 12.4 Å². The fourth-order valence-corrected chi connectivity index (χ4v) is 4.02. The molecule has 0 saturated carbocycles. The van der Waals surface area contributed by atoms with E-state index in [0.29, 0.717) is 11.0 Å². The molecule has 0 aliphatic heterocycles. The minimum atomic E-state index is -0.572. The number of aryl methyl sites for hydroxylation is 2. The molecule has 4 aromatic rings. The van der Waals surface area contributed by atoms with Crippen molar-refractivity contribution in [1.82, 2.24) is 14.8 Å². The molecule has 0 unspecified atom stereocenters. The quantitative estimate of drug-likeness (QED) is 0.331. The summed E-state index contributed by atoms with van der Waals surface area (Å²) in [5.41, 5.74) is 3.14. The van der Waals surface area contributed by atoms with Crippen LogP contribution in [0.1, 0.15) is 22.5 Å². The van der Waals surface area contributed by atoms with Gasteiger partial charge in [0.05, 0.1) is 0 Å². The lowest BCUT2D eigenvalue weighted by Gasteiger charge is -2.12. The second-order valence-electron chi connectivity index (χ2n) is 7.16. The third-order valence-corrected chi connectivity index (χ3v) is 5.74. The predicted octanol–water partition coefficient (Wildman–Crippen LogP) is 6.03. The molecule has 4 rings (SSSR count). The van der Waals surface area contributed by atoms with Crippen LogP contribution >= 0.6 is 11.8 Å². The Morgan fingerprint density at radius 3 is 2.10 bits per heavy atom. The summed E-state index contributed by atoms with van der Waals surface area (Å²) in [7, 11) is 0. The van der Waals surface area contributed by atoms with E-state index in [4.69, 9.17) is 4.74 Å². The van der Waals surface area contributed by atoms with Gasteiger partial charge < -0.3 is 4.74 Å². The summed E-state index contributed by atoms with van der Waals surface area (Å²) < 4.78 is 35.8. The number of halogens is 2. The molecule has 4 nitrogen and oxygen atoms in total. The van der Waals surface area contributed by atoms with E-state index >= 15 is 0 Å². The van der Waals surface area contributed by atoms with Gasteiger partial charge in [0.1, 0.15) is 24.0 Å². The van der Waals surface area contributed by atoms with Crippen LogP contribution in [0.5, 0.6) is 5.75 Å². The second kappa shape index (κ2) is 9.31. The predicted molar refractivity (Wildman–Crippen MR) is 118 cm³/mol. The van der Waals surface area contributed by atoms with E-state index in [1.807, 2.05) is 66.9 Å². The Bertz CT molecular complexity index is 1150. The average molecular weight is 438 g/mol. The topological polar surface area (TPSA) is 39.9 Å². The first-order valence-corrected chi connectivity index (χ1v) is 10.8. The Labute approximate surface area is 183 Å². The van der Waals surface area contributed by atoms with Crippen molar-refractivity contribution in [2.24, 2.45) is 0 Å². The molecule has 0 fully saturated rings. The largest absolute Gasteiger partial charge is 0.486 e.